The average molecular weight is 466 g/mol. The molecule has 5 rings (SSSR count). The van der Waals surface area contributed by atoms with E-state index < -0.39 is 5.97 Å². The minimum absolute atomic E-state index is 0.129. The SMILES string of the molecule is O=C(O)c1cccc(CN2C(=O)/C(=C(\c3ccccc3)c3ccc(Cl)cc3)c3ccccc32)c1. The lowest BCUT2D eigenvalue weighted by molar-refractivity contribution is -0.113. The van der Waals surface area contributed by atoms with Gasteiger partial charge in [-0.05, 0) is 47.0 Å². The van der Waals surface area contributed by atoms with Gasteiger partial charge in [0, 0.05) is 16.2 Å². The minimum Gasteiger partial charge on any atom is -0.478 e. The number of anilines is 1. The molecule has 0 radical (unpaired) electrons. The Morgan fingerprint density at radius 3 is 2.15 bits per heavy atom. The second kappa shape index (κ2) is 9.00. The number of nitrogens with zero attached hydrogens (tertiary/aromatic N) is 1. The summed E-state index contributed by atoms with van der Waals surface area (Å²) in [5.41, 5.74) is 5.84. The van der Waals surface area contributed by atoms with E-state index in [4.69, 9.17) is 11.6 Å². The molecule has 0 fully saturated rings. The molecule has 0 aromatic heterocycles. The number of carboxylic acids is 1. The summed E-state index contributed by atoms with van der Waals surface area (Å²) in [6.07, 6.45) is 0. The number of hydrogen-bond acceptors (Lipinski definition) is 2. The summed E-state index contributed by atoms with van der Waals surface area (Å²) in [6, 6.07) is 31.7. The fraction of sp³-hybridized carbons (Fsp3) is 0.0345. The first-order valence-electron chi connectivity index (χ1n) is 10.8. The molecular formula is C29H20ClNO3. The predicted molar refractivity (Wildman–Crippen MR) is 135 cm³/mol. The maximum atomic E-state index is 14.0. The molecule has 0 aliphatic carbocycles. The van der Waals surface area contributed by atoms with Crippen molar-refractivity contribution in [3.8, 4) is 0 Å². The Balaban J connectivity index is 1.69. The number of carbonyl (C=O) groups excluding carboxylic acids is 1. The van der Waals surface area contributed by atoms with Crippen molar-refractivity contribution in [3.05, 3.63) is 136 Å². The third-order valence-electron chi connectivity index (χ3n) is 5.88. The standard InChI is InChI=1S/C29H20ClNO3/c30-23-15-13-21(14-16-23)26(20-8-2-1-3-9-20)27-24-11-4-5-12-25(24)31(28(27)32)18-19-7-6-10-22(17-19)29(33)34/h1-17H,18H2,(H,33,34)/b27-26+. The van der Waals surface area contributed by atoms with Crippen LogP contribution in [0.4, 0.5) is 5.69 Å². The van der Waals surface area contributed by atoms with Gasteiger partial charge in [-0.25, -0.2) is 4.79 Å². The maximum Gasteiger partial charge on any atom is 0.335 e. The lowest BCUT2D eigenvalue weighted by Gasteiger charge is -2.18. The highest BCUT2D eigenvalue weighted by Crippen LogP contribution is 2.43. The summed E-state index contributed by atoms with van der Waals surface area (Å²) < 4.78 is 0. The van der Waals surface area contributed by atoms with Gasteiger partial charge in [0.05, 0.1) is 23.4 Å². The predicted octanol–water partition coefficient (Wildman–Crippen LogP) is 6.54. The van der Waals surface area contributed by atoms with Gasteiger partial charge in [-0.3, -0.25) is 4.79 Å². The van der Waals surface area contributed by atoms with Crippen molar-refractivity contribution in [3.63, 3.8) is 0 Å². The molecule has 0 saturated heterocycles. The molecule has 34 heavy (non-hydrogen) atoms. The molecule has 1 heterocycles. The Morgan fingerprint density at radius 1 is 0.765 bits per heavy atom. The number of hydrogen-bond donors (Lipinski definition) is 1. The largest absolute Gasteiger partial charge is 0.478 e. The Labute approximate surface area is 202 Å². The molecule has 0 saturated carbocycles. The normalized spacial score (nSPS) is 14.1. The van der Waals surface area contributed by atoms with Crippen molar-refractivity contribution in [1.82, 2.24) is 0 Å². The van der Waals surface area contributed by atoms with E-state index in [0.29, 0.717) is 10.6 Å². The highest BCUT2D eigenvalue weighted by molar-refractivity contribution is 6.39. The number of para-hydroxylation sites is 1. The first-order chi connectivity index (χ1) is 16.5. The van der Waals surface area contributed by atoms with Crippen LogP contribution < -0.4 is 4.90 Å². The van der Waals surface area contributed by atoms with Gasteiger partial charge in [0.15, 0.2) is 0 Å². The topological polar surface area (TPSA) is 57.6 Å². The number of carboxylic acid groups (broad SMARTS) is 1. The number of fused-ring (bicyclic) bond motifs is 1. The number of carbonyl (C=O) groups is 2. The maximum absolute atomic E-state index is 14.0. The Kier molecular flexibility index (Phi) is 5.74. The summed E-state index contributed by atoms with van der Waals surface area (Å²) in [7, 11) is 0. The minimum atomic E-state index is -0.996. The summed E-state index contributed by atoms with van der Waals surface area (Å²) in [6.45, 7) is 0.267. The molecule has 1 amide bonds. The summed E-state index contributed by atoms with van der Waals surface area (Å²) >= 11 is 6.15. The molecular weight excluding hydrogens is 446 g/mol. The van der Waals surface area contributed by atoms with E-state index in [9.17, 15) is 14.7 Å². The zero-order valence-electron chi connectivity index (χ0n) is 18.1. The van der Waals surface area contributed by atoms with E-state index in [1.165, 1.54) is 0 Å². The molecule has 0 unspecified atom stereocenters. The molecule has 0 spiro atoms. The third-order valence-corrected chi connectivity index (χ3v) is 6.14. The number of benzene rings is 4. The van der Waals surface area contributed by atoms with E-state index in [1.54, 1.807) is 23.1 Å². The van der Waals surface area contributed by atoms with Gasteiger partial charge >= 0.3 is 5.97 Å². The van der Waals surface area contributed by atoms with Gasteiger partial charge in [0.1, 0.15) is 0 Å². The molecule has 1 aliphatic rings. The van der Waals surface area contributed by atoms with Crippen LogP contribution in [-0.2, 0) is 11.3 Å². The molecule has 4 nitrogen and oxygen atoms in total. The van der Waals surface area contributed by atoms with E-state index in [2.05, 4.69) is 0 Å². The van der Waals surface area contributed by atoms with Crippen LogP contribution in [0.5, 0.6) is 0 Å². The van der Waals surface area contributed by atoms with Crippen molar-refractivity contribution < 1.29 is 14.7 Å². The average Bonchev–Trinajstić information content (AvgIpc) is 3.13. The van der Waals surface area contributed by atoms with Gasteiger partial charge in [0.2, 0.25) is 0 Å². The summed E-state index contributed by atoms with van der Waals surface area (Å²) in [4.78, 5) is 27.1. The second-order valence-corrected chi connectivity index (χ2v) is 8.47. The van der Waals surface area contributed by atoms with Gasteiger partial charge in [0.25, 0.3) is 5.91 Å². The number of halogens is 1. The van der Waals surface area contributed by atoms with E-state index in [-0.39, 0.29) is 18.0 Å². The van der Waals surface area contributed by atoms with Gasteiger partial charge in [-0.2, -0.15) is 0 Å². The van der Waals surface area contributed by atoms with E-state index >= 15 is 0 Å². The van der Waals surface area contributed by atoms with E-state index in [1.807, 2.05) is 84.9 Å². The third kappa shape index (κ3) is 4.00. The van der Waals surface area contributed by atoms with Crippen LogP contribution in [0.15, 0.2) is 103 Å². The van der Waals surface area contributed by atoms with Crippen molar-refractivity contribution in [1.29, 1.82) is 0 Å². The Bertz CT molecular complexity index is 1430. The lowest BCUT2D eigenvalue weighted by Crippen LogP contribution is -2.26. The molecule has 0 atom stereocenters. The quantitative estimate of drug-likeness (QED) is 0.340. The number of rotatable bonds is 5. The zero-order chi connectivity index (χ0) is 23.7. The molecule has 1 aliphatic heterocycles. The number of aromatic carboxylic acids is 1. The zero-order valence-corrected chi connectivity index (χ0v) is 18.9. The lowest BCUT2D eigenvalue weighted by atomic mass is 9.90. The first kappa shape index (κ1) is 21.7. The van der Waals surface area contributed by atoms with Crippen LogP contribution in [0.2, 0.25) is 5.02 Å². The van der Waals surface area contributed by atoms with Gasteiger partial charge in [-0.1, -0.05) is 84.4 Å². The van der Waals surface area contributed by atoms with Crippen molar-refractivity contribution in [2.75, 3.05) is 4.90 Å². The second-order valence-electron chi connectivity index (χ2n) is 8.04. The monoisotopic (exact) mass is 465 g/mol. The fourth-order valence-corrected chi connectivity index (χ4v) is 4.47. The molecule has 4 aromatic rings. The van der Waals surface area contributed by atoms with Crippen LogP contribution in [0.1, 0.15) is 32.6 Å². The van der Waals surface area contributed by atoms with Crippen molar-refractivity contribution >= 4 is 40.3 Å². The van der Waals surface area contributed by atoms with Crippen LogP contribution in [0, 0.1) is 0 Å². The first-order valence-corrected chi connectivity index (χ1v) is 11.2. The van der Waals surface area contributed by atoms with Crippen molar-refractivity contribution in [2.24, 2.45) is 0 Å². The molecule has 4 aromatic carbocycles. The summed E-state index contributed by atoms with van der Waals surface area (Å²) in [5, 5.41) is 9.99. The van der Waals surface area contributed by atoms with Crippen LogP contribution in [0.25, 0.3) is 11.1 Å². The molecule has 1 N–H and O–H groups in total. The Morgan fingerprint density at radius 2 is 1.41 bits per heavy atom. The van der Waals surface area contributed by atoms with Crippen LogP contribution in [0.3, 0.4) is 0 Å². The summed E-state index contributed by atoms with van der Waals surface area (Å²) in [5.74, 6) is -1.12. The highest BCUT2D eigenvalue weighted by atomic mass is 35.5. The van der Waals surface area contributed by atoms with Gasteiger partial charge in [-0.15, -0.1) is 0 Å². The van der Waals surface area contributed by atoms with Gasteiger partial charge < -0.3 is 10.0 Å². The number of amides is 1. The van der Waals surface area contributed by atoms with E-state index in [0.717, 1.165) is 33.5 Å². The highest BCUT2D eigenvalue weighted by Gasteiger charge is 2.35. The smallest absolute Gasteiger partial charge is 0.335 e. The molecule has 5 heteroatoms. The van der Waals surface area contributed by atoms with Crippen LogP contribution in [-0.4, -0.2) is 17.0 Å². The van der Waals surface area contributed by atoms with Crippen LogP contribution >= 0.6 is 11.6 Å². The Hall–Kier alpha value is -4.15. The van der Waals surface area contributed by atoms with Crippen molar-refractivity contribution in [2.45, 2.75) is 6.54 Å². The molecule has 166 valence electrons. The fourth-order valence-electron chi connectivity index (χ4n) is 4.34. The molecule has 0 bridgehead atoms.